The largest absolute Gasteiger partial charge is 0.377 e. The molecule has 3 rings (SSSR count). The third-order valence-electron chi connectivity index (χ3n) is 3.87. The SMILES string of the molecule is CCN1C=C(C(=O)c2c(C)nn3ccccc23)CCC1. The van der Waals surface area contributed by atoms with Crippen LogP contribution in [0.3, 0.4) is 0 Å². The smallest absolute Gasteiger partial charge is 0.194 e. The third-order valence-corrected chi connectivity index (χ3v) is 3.87. The van der Waals surface area contributed by atoms with Crippen LogP contribution in [0.15, 0.2) is 36.2 Å². The zero-order chi connectivity index (χ0) is 14.1. The summed E-state index contributed by atoms with van der Waals surface area (Å²) >= 11 is 0. The molecule has 0 amide bonds. The van der Waals surface area contributed by atoms with Crippen LogP contribution >= 0.6 is 0 Å². The van der Waals surface area contributed by atoms with Gasteiger partial charge in [0, 0.05) is 31.1 Å². The number of hydrogen-bond donors (Lipinski definition) is 0. The van der Waals surface area contributed by atoms with Gasteiger partial charge in [-0.25, -0.2) is 4.52 Å². The summed E-state index contributed by atoms with van der Waals surface area (Å²) in [5.41, 5.74) is 3.34. The zero-order valence-corrected chi connectivity index (χ0v) is 12.0. The van der Waals surface area contributed by atoms with Crippen LogP contribution in [0.4, 0.5) is 0 Å². The van der Waals surface area contributed by atoms with Crippen molar-refractivity contribution in [3.8, 4) is 0 Å². The Hall–Kier alpha value is -2.10. The van der Waals surface area contributed by atoms with Crippen molar-refractivity contribution in [3.05, 3.63) is 47.4 Å². The summed E-state index contributed by atoms with van der Waals surface area (Å²) in [7, 11) is 0. The minimum absolute atomic E-state index is 0.127. The molecule has 20 heavy (non-hydrogen) atoms. The Balaban J connectivity index is 2.05. The monoisotopic (exact) mass is 269 g/mol. The lowest BCUT2D eigenvalue weighted by Gasteiger charge is -2.24. The lowest BCUT2D eigenvalue weighted by atomic mass is 9.97. The van der Waals surface area contributed by atoms with E-state index in [9.17, 15) is 4.79 Å². The molecular formula is C16H19N3O. The Morgan fingerprint density at radius 1 is 1.40 bits per heavy atom. The highest BCUT2D eigenvalue weighted by atomic mass is 16.1. The predicted octanol–water partition coefficient (Wildman–Crippen LogP) is 2.83. The van der Waals surface area contributed by atoms with Crippen LogP contribution in [0.2, 0.25) is 0 Å². The molecule has 4 nitrogen and oxygen atoms in total. The summed E-state index contributed by atoms with van der Waals surface area (Å²) in [4.78, 5) is 15.0. The van der Waals surface area contributed by atoms with Crippen molar-refractivity contribution in [1.29, 1.82) is 0 Å². The van der Waals surface area contributed by atoms with Crippen LogP contribution in [-0.4, -0.2) is 33.4 Å². The molecule has 0 spiro atoms. The van der Waals surface area contributed by atoms with Gasteiger partial charge in [0.2, 0.25) is 0 Å². The van der Waals surface area contributed by atoms with Crippen LogP contribution < -0.4 is 0 Å². The van der Waals surface area contributed by atoms with Crippen LogP contribution in [0.1, 0.15) is 35.8 Å². The first-order chi connectivity index (χ1) is 9.70. The van der Waals surface area contributed by atoms with E-state index in [4.69, 9.17) is 0 Å². The van der Waals surface area contributed by atoms with Gasteiger partial charge in [-0.05, 0) is 38.8 Å². The Kier molecular flexibility index (Phi) is 3.30. The van der Waals surface area contributed by atoms with E-state index in [2.05, 4.69) is 16.9 Å². The number of nitrogens with zero attached hydrogens (tertiary/aromatic N) is 3. The van der Waals surface area contributed by atoms with Crippen molar-refractivity contribution in [2.45, 2.75) is 26.7 Å². The first kappa shape index (κ1) is 12.9. The van der Waals surface area contributed by atoms with Crippen LogP contribution in [0.5, 0.6) is 0 Å². The molecule has 0 aliphatic carbocycles. The molecule has 2 aromatic rings. The maximum Gasteiger partial charge on any atom is 0.194 e. The number of hydrogen-bond acceptors (Lipinski definition) is 3. The fraction of sp³-hybridized carbons (Fsp3) is 0.375. The molecule has 0 fully saturated rings. The molecule has 0 saturated heterocycles. The molecule has 0 unspecified atom stereocenters. The molecule has 0 atom stereocenters. The molecule has 0 radical (unpaired) electrons. The minimum Gasteiger partial charge on any atom is -0.377 e. The van der Waals surface area contributed by atoms with E-state index >= 15 is 0 Å². The van der Waals surface area contributed by atoms with Gasteiger partial charge in [0.25, 0.3) is 0 Å². The first-order valence-electron chi connectivity index (χ1n) is 7.14. The Labute approximate surface area is 118 Å². The first-order valence-corrected chi connectivity index (χ1v) is 7.14. The van der Waals surface area contributed by atoms with Crippen molar-refractivity contribution in [2.24, 2.45) is 0 Å². The lowest BCUT2D eigenvalue weighted by molar-refractivity contribution is 0.102. The summed E-state index contributed by atoms with van der Waals surface area (Å²) in [6.45, 7) is 6.01. The topological polar surface area (TPSA) is 37.6 Å². The Morgan fingerprint density at radius 3 is 3.05 bits per heavy atom. The van der Waals surface area contributed by atoms with Gasteiger partial charge in [-0.3, -0.25) is 4.79 Å². The highest BCUT2D eigenvalue weighted by Gasteiger charge is 2.22. The van der Waals surface area contributed by atoms with Crippen LogP contribution in [-0.2, 0) is 0 Å². The summed E-state index contributed by atoms with van der Waals surface area (Å²) in [6, 6.07) is 5.82. The number of pyridine rings is 1. The number of allylic oxidation sites excluding steroid dienone is 1. The summed E-state index contributed by atoms with van der Waals surface area (Å²) < 4.78 is 1.78. The van der Waals surface area contributed by atoms with E-state index in [1.807, 2.05) is 37.5 Å². The van der Waals surface area contributed by atoms with Gasteiger partial charge in [0.05, 0.1) is 16.8 Å². The standard InChI is InChI=1S/C16H19N3O/c1-3-18-9-6-7-13(11-18)16(20)15-12(2)17-19-10-5-4-8-14(15)19/h4-5,8,10-11H,3,6-7,9H2,1-2H3. The minimum atomic E-state index is 0.127. The molecule has 1 aliphatic heterocycles. The van der Waals surface area contributed by atoms with Gasteiger partial charge in [0.15, 0.2) is 5.78 Å². The van der Waals surface area contributed by atoms with Gasteiger partial charge >= 0.3 is 0 Å². The van der Waals surface area contributed by atoms with Crippen molar-refractivity contribution in [2.75, 3.05) is 13.1 Å². The fourth-order valence-corrected chi connectivity index (χ4v) is 2.80. The molecular weight excluding hydrogens is 250 g/mol. The van der Waals surface area contributed by atoms with Gasteiger partial charge in [-0.15, -0.1) is 0 Å². The number of Topliss-reactive ketones (excluding diaryl/α,β-unsaturated/α-hetero) is 1. The number of rotatable bonds is 3. The van der Waals surface area contributed by atoms with E-state index < -0.39 is 0 Å². The molecule has 104 valence electrons. The quantitative estimate of drug-likeness (QED) is 0.804. The second-order valence-corrected chi connectivity index (χ2v) is 5.21. The second kappa shape index (κ2) is 5.12. The van der Waals surface area contributed by atoms with E-state index in [0.717, 1.165) is 48.3 Å². The maximum atomic E-state index is 12.8. The highest BCUT2D eigenvalue weighted by Crippen LogP contribution is 2.23. The lowest BCUT2D eigenvalue weighted by Crippen LogP contribution is -2.24. The van der Waals surface area contributed by atoms with Gasteiger partial charge in [-0.2, -0.15) is 5.10 Å². The van der Waals surface area contributed by atoms with Crippen molar-refractivity contribution < 1.29 is 4.79 Å². The van der Waals surface area contributed by atoms with Gasteiger partial charge in [0.1, 0.15) is 0 Å². The molecule has 3 heterocycles. The summed E-state index contributed by atoms with van der Waals surface area (Å²) in [5.74, 6) is 0.127. The van der Waals surface area contributed by atoms with Crippen molar-refractivity contribution in [3.63, 3.8) is 0 Å². The molecule has 0 N–H and O–H groups in total. The van der Waals surface area contributed by atoms with E-state index in [0.29, 0.717) is 0 Å². The van der Waals surface area contributed by atoms with Crippen LogP contribution in [0.25, 0.3) is 5.52 Å². The number of aromatic nitrogens is 2. The molecule has 0 saturated carbocycles. The summed E-state index contributed by atoms with van der Waals surface area (Å²) in [5, 5.41) is 4.42. The molecule has 0 bridgehead atoms. The number of fused-ring (bicyclic) bond motifs is 1. The second-order valence-electron chi connectivity index (χ2n) is 5.21. The third kappa shape index (κ3) is 2.11. The van der Waals surface area contributed by atoms with Crippen molar-refractivity contribution >= 4 is 11.3 Å². The number of carbonyl (C=O) groups excluding carboxylic acids is 1. The molecule has 4 heteroatoms. The van der Waals surface area contributed by atoms with E-state index in [-0.39, 0.29) is 5.78 Å². The zero-order valence-electron chi connectivity index (χ0n) is 12.0. The normalized spacial score (nSPS) is 15.5. The van der Waals surface area contributed by atoms with Crippen molar-refractivity contribution in [1.82, 2.24) is 14.5 Å². The maximum absolute atomic E-state index is 12.8. The molecule has 1 aliphatic rings. The number of aryl methyl sites for hydroxylation is 1. The Bertz CT molecular complexity index is 684. The van der Waals surface area contributed by atoms with E-state index in [1.165, 1.54) is 0 Å². The van der Waals surface area contributed by atoms with Crippen LogP contribution in [0, 0.1) is 6.92 Å². The average Bonchev–Trinajstić information content (AvgIpc) is 2.82. The molecule has 0 aromatic carbocycles. The van der Waals surface area contributed by atoms with Gasteiger partial charge in [-0.1, -0.05) is 6.07 Å². The van der Waals surface area contributed by atoms with Gasteiger partial charge < -0.3 is 4.90 Å². The molecule has 2 aromatic heterocycles. The number of ketones is 1. The average molecular weight is 269 g/mol. The fourth-order valence-electron chi connectivity index (χ4n) is 2.80. The highest BCUT2D eigenvalue weighted by molar-refractivity contribution is 6.13. The summed E-state index contributed by atoms with van der Waals surface area (Å²) in [6.07, 6.45) is 5.81. The Morgan fingerprint density at radius 2 is 2.25 bits per heavy atom. The van der Waals surface area contributed by atoms with E-state index in [1.54, 1.807) is 4.52 Å². The number of carbonyl (C=O) groups is 1. The predicted molar refractivity (Wildman–Crippen MR) is 78.8 cm³/mol.